The van der Waals surface area contributed by atoms with Crippen molar-refractivity contribution in [3.05, 3.63) is 42.0 Å². The molecule has 1 amide bonds. The van der Waals surface area contributed by atoms with Crippen LogP contribution in [0.2, 0.25) is 0 Å². The molecule has 1 N–H and O–H groups in total. The topological polar surface area (TPSA) is 64.1 Å². The second-order valence-corrected chi connectivity index (χ2v) is 6.29. The van der Waals surface area contributed by atoms with E-state index in [1.807, 2.05) is 19.1 Å². The average molecular weight is 331 g/mol. The molecule has 0 saturated heterocycles. The van der Waals surface area contributed by atoms with Crippen LogP contribution in [-0.4, -0.2) is 28.8 Å². The quantitative estimate of drug-likeness (QED) is 0.620. The first kappa shape index (κ1) is 17.3. The van der Waals surface area contributed by atoms with Gasteiger partial charge in [0.1, 0.15) is 11.1 Å². The summed E-state index contributed by atoms with van der Waals surface area (Å²) in [6.45, 7) is 9.90. The van der Waals surface area contributed by atoms with Gasteiger partial charge in [-0.25, -0.2) is 0 Å². The summed E-state index contributed by atoms with van der Waals surface area (Å²) >= 11 is 1.35. The van der Waals surface area contributed by atoms with Crippen molar-refractivity contribution in [2.75, 3.05) is 11.9 Å². The van der Waals surface area contributed by atoms with Crippen LogP contribution in [0.3, 0.4) is 0 Å². The molecule has 0 bridgehead atoms. The molecule has 2 aromatic rings. The minimum Gasteiger partial charge on any atom is -0.368 e. The van der Waals surface area contributed by atoms with Gasteiger partial charge in [0.05, 0.1) is 6.61 Å². The van der Waals surface area contributed by atoms with Crippen molar-refractivity contribution >= 4 is 22.4 Å². The predicted molar refractivity (Wildman–Crippen MR) is 93.7 cm³/mol. The number of aromatic nitrogens is 2. The molecule has 0 fully saturated rings. The highest BCUT2D eigenvalue weighted by Crippen LogP contribution is 2.29. The van der Waals surface area contributed by atoms with E-state index >= 15 is 0 Å². The molecule has 0 aliphatic heterocycles. The van der Waals surface area contributed by atoms with Crippen molar-refractivity contribution in [2.45, 2.75) is 33.3 Å². The van der Waals surface area contributed by atoms with Gasteiger partial charge >= 0.3 is 0 Å². The summed E-state index contributed by atoms with van der Waals surface area (Å²) in [6, 6.07) is 6.17. The predicted octanol–water partition coefficient (Wildman–Crippen LogP) is 3.74. The van der Waals surface area contributed by atoms with Gasteiger partial charge in [0, 0.05) is 5.56 Å². The largest absolute Gasteiger partial charge is 0.368 e. The summed E-state index contributed by atoms with van der Waals surface area (Å²) in [5, 5.41) is 12.2. The molecule has 0 saturated carbocycles. The van der Waals surface area contributed by atoms with E-state index in [-0.39, 0.29) is 5.91 Å². The van der Waals surface area contributed by atoms with E-state index < -0.39 is 6.10 Å². The Morgan fingerprint density at radius 3 is 2.91 bits per heavy atom. The highest BCUT2D eigenvalue weighted by Gasteiger charge is 2.16. The fourth-order valence-electron chi connectivity index (χ4n) is 2.05. The fourth-order valence-corrected chi connectivity index (χ4v) is 2.88. The Hall–Kier alpha value is -2.05. The number of ether oxygens (including phenoxy) is 1. The first-order chi connectivity index (χ1) is 11.0. The molecular weight excluding hydrogens is 310 g/mol. The molecule has 1 aromatic heterocycles. The van der Waals surface area contributed by atoms with Crippen molar-refractivity contribution in [3.63, 3.8) is 0 Å². The molecule has 2 rings (SSSR count). The molecule has 6 heteroatoms. The van der Waals surface area contributed by atoms with Gasteiger partial charge in [0.15, 0.2) is 0 Å². The van der Waals surface area contributed by atoms with Crippen molar-refractivity contribution in [1.29, 1.82) is 0 Å². The van der Waals surface area contributed by atoms with E-state index in [1.54, 1.807) is 13.0 Å². The van der Waals surface area contributed by atoms with E-state index in [2.05, 4.69) is 35.1 Å². The number of amides is 1. The van der Waals surface area contributed by atoms with Gasteiger partial charge in [-0.3, -0.25) is 10.1 Å². The number of hydrogen-bond acceptors (Lipinski definition) is 5. The molecule has 0 radical (unpaired) electrons. The van der Waals surface area contributed by atoms with Gasteiger partial charge in [-0.05, 0) is 32.8 Å². The molecular formula is C17H21N3O2S. The van der Waals surface area contributed by atoms with E-state index in [0.717, 1.165) is 16.1 Å². The molecule has 23 heavy (non-hydrogen) atoms. The lowest BCUT2D eigenvalue weighted by atomic mass is 10.1. The number of hydrogen-bond donors (Lipinski definition) is 1. The van der Waals surface area contributed by atoms with E-state index in [1.165, 1.54) is 16.9 Å². The maximum absolute atomic E-state index is 12.0. The van der Waals surface area contributed by atoms with E-state index in [9.17, 15) is 4.79 Å². The third kappa shape index (κ3) is 4.71. The number of benzene rings is 1. The van der Waals surface area contributed by atoms with Crippen LogP contribution in [0, 0.1) is 13.8 Å². The van der Waals surface area contributed by atoms with Gasteiger partial charge in [-0.2, -0.15) is 0 Å². The van der Waals surface area contributed by atoms with Crippen LogP contribution in [0.5, 0.6) is 0 Å². The Balaban J connectivity index is 2.02. The molecule has 1 aromatic carbocycles. The molecule has 0 aliphatic rings. The Morgan fingerprint density at radius 1 is 1.43 bits per heavy atom. The van der Waals surface area contributed by atoms with Crippen LogP contribution in [0.15, 0.2) is 30.9 Å². The zero-order valence-corrected chi connectivity index (χ0v) is 14.4. The molecule has 1 heterocycles. The minimum absolute atomic E-state index is 0.225. The van der Waals surface area contributed by atoms with Crippen molar-refractivity contribution in [2.24, 2.45) is 0 Å². The van der Waals surface area contributed by atoms with Crippen molar-refractivity contribution in [1.82, 2.24) is 10.2 Å². The second kappa shape index (κ2) is 7.99. The standard InChI is InChI=1S/C17H21N3O2S/c1-5-6-9-22-13(4)15(21)18-17-20-19-16(23-17)14-8-7-11(2)10-12(14)3/h5,7-8,10,13H,1,6,9H2,2-4H3,(H,18,20,21). The minimum atomic E-state index is -0.539. The summed E-state index contributed by atoms with van der Waals surface area (Å²) in [5.41, 5.74) is 3.37. The number of carbonyl (C=O) groups is 1. The Labute approximate surface area is 140 Å². The highest BCUT2D eigenvalue weighted by molar-refractivity contribution is 7.18. The summed E-state index contributed by atoms with van der Waals surface area (Å²) in [4.78, 5) is 12.0. The number of nitrogens with zero attached hydrogens (tertiary/aromatic N) is 2. The smallest absolute Gasteiger partial charge is 0.255 e. The van der Waals surface area contributed by atoms with Gasteiger partial charge in [0.25, 0.3) is 5.91 Å². The van der Waals surface area contributed by atoms with Crippen LogP contribution in [0.25, 0.3) is 10.6 Å². The normalized spacial score (nSPS) is 12.0. The molecule has 5 nitrogen and oxygen atoms in total. The molecule has 0 spiro atoms. The van der Waals surface area contributed by atoms with Gasteiger partial charge in [-0.1, -0.05) is 41.2 Å². The molecule has 1 unspecified atom stereocenters. The third-order valence-electron chi connectivity index (χ3n) is 3.33. The monoisotopic (exact) mass is 331 g/mol. The number of nitrogens with one attached hydrogen (secondary N) is 1. The summed E-state index contributed by atoms with van der Waals surface area (Å²) in [5.74, 6) is -0.225. The van der Waals surface area contributed by atoms with Crippen molar-refractivity contribution < 1.29 is 9.53 Å². The maximum Gasteiger partial charge on any atom is 0.255 e. The van der Waals surface area contributed by atoms with Crippen LogP contribution in [0.4, 0.5) is 5.13 Å². The third-order valence-corrected chi connectivity index (χ3v) is 4.20. The second-order valence-electron chi connectivity index (χ2n) is 5.31. The Kier molecular flexibility index (Phi) is 6.01. The molecule has 1 atom stereocenters. The number of aryl methyl sites for hydroxylation is 2. The average Bonchev–Trinajstić information content (AvgIpc) is 2.95. The van der Waals surface area contributed by atoms with Crippen molar-refractivity contribution in [3.8, 4) is 10.6 Å². The maximum atomic E-state index is 12.0. The van der Waals surface area contributed by atoms with E-state index in [4.69, 9.17) is 4.74 Å². The number of anilines is 1. The number of rotatable bonds is 7. The summed E-state index contributed by atoms with van der Waals surface area (Å²) in [7, 11) is 0. The lowest BCUT2D eigenvalue weighted by Gasteiger charge is -2.10. The molecule has 122 valence electrons. The van der Waals surface area contributed by atoms with Crippen LogP contribution in [-0.2, 0) is 9.53 Å². The zero-order valence-electron chi connectivity index (χ0n) is 13.6. The SMILES string of the molecule is C=CCCOC(C)C(=O)Nc1nnc(-c2ccc(C)cc2C)s1. The highest BCUT2D eigenvalue weighted by atomic mass is 32.1. The first-order valence-electron chi connectivity index (χ1n) is 7.45. The summed E-state index contributed by atoms with van der Waals surface area (Å²) in [6.07, 6.45) is 1.93. The van der Waals surface area contributed by atoms with Crippen LogP contribution >= 0.6 is 11.3 Å². The first-order valence-corrected chi connectivity index (χ1v) is 8.27. The Bertz CT molecular complexity index is 697. The fraction of sp³-hybridized carbons (Fsp3) is 0.353. The van der Waals surface area contributed by atoms with Gasteiger partial charge in [-0.15, -0.1) is 16.8 Å². The molecule has 0 aliphatic carbocycles. The summed E-state index contributed by atoms with van der Waals surface area (Å²) < 4.78 is 5.41. The Morgan fingerprint density at radius 2 is 2.22 bits per heavy atom. The van der Waals surface area contributed by atoms with E-state index in [0.29, 0.717) is 18.2 Å². The van der Waals surface area contributed by atoms with Crippen LogP contribution in [0.1, 0.15) is 24.5 Å². The van der Waals surface area contributed by atoms with Gasteiger partial charge < -0.3 is 4.74 Å². The van der Waals surface area contributed by atoms with Gasteiger partial charge in [0.2, 0.25) is 5.13 Å². The number of carbonyl (C=O) groups excluding carboxylic acids is 1. The lowest BCUT2D eigenvalue weighted by Crippen LogP contribution is -2.27. The zero-order chi connectivity index (χ0) is 16.8. The lowest BCUT2D eigenvalue weighted by molar-refractivity contribution is -0.126. The van der Waals surface area contributed by atoms with Crippen LogP contribution < -0.4 is 5.32 Å².